The first-order chi connectivity index (χ1) is 8.65. The first kappa shape index (κ1) is 16.8. The Morgan fingerprint density at radius 2 is 2.21 bits per heavy atom. The third-order valence-electron chi connectivity index (χ3n) is 3.33. The normalized spacial score (nSPS) is 17.6. The highest BCUT2D eigenvalue weighted by Crippen LogP contribution is 2.27. The number of hydrogen-bond donors (Lipinski definition) is 2. The molecule has 19 heavy (non-hydrogen) atoms. The molecule has 0 radical (unpaired) electrons. The minimum atomic E-state index is 0. The molecule has 1 aliphatic heterocycles. The highest BCUT2D eigenvalue weighted by atomic mass is 35.5. The molecule has 6 heteroatoms. The molecule has 1 unspecified atom stereocenters. The number of hydrogen-bond acceptors (Lipinski definition) is 3. The fraction of sp³-hybridized carbons (Fsp3) is 0.615. The van der Waals surface area contributed by atoms with E-state index in [-0.39, 0.29) is 24.4 Å². The largest absolute Gasteiger partial charge is 0.349 e. The summed E-state index contributed by atoms with van der Waals surface area (Å²) in [5.41, 5.74) is 0. The molecule has 1 atom stereocenters. The van der Waals surface area contributed by atoms with E-state index in [1.807, 2.05) is 19.1 Å². The second-order valence-electron chi connectivity index (χ2n) is 4.83. The molecule has 0 bridgehead atoms. The van der Waals surface area contributed by atoms with Gasteiger partial charge in [0.1, 0.15) is 0 Å². The van der Waals surface area contributed by atoms with Crippen molar-refractivity contribution in [3.8, 4) is 0 Å². The van der Waals surface area contributed by atoms with Crippen LogP contribution in [0.3, 0.4) is 0 Å². The van der Waals surface area contributed by atoms with Crippen LogP contribution >= 0.6 is 35.3 Å². The number of amides is 1. The third kappa shape index (κ3) is 5.30. The number of piperidine rings is 1. The van der Waals surface area contributed by atoms with Crippen LogP contribution in [0.1, 0.15) is 37.1 Å². The van der Waals surface area contributed by atoms with Crippen molar-refractivity contribution < 1.29 is 4.79 Å². The smallest absolute Gasteiger partial charge is 0.220 e. The topological polar surface area (TPSA) is 41.1 Å². The van der Waals surface area contributed by atoms with Crippen LogP contribution in [0.4, 0.5) is 0 Å². The summed E-state index contributed by atoms with van der Waals surface area (Å²) < 4.78 is 0.768. The Labute approximate surface area is 129 Å². The number of carbonyl (C=O) groups is 1. The lowest BCUT2D eigenvalue weighted by atomic mass is 9.94. The van der Waals surface area contributed by atoms with Gasteiger partial charge in [-0.15, -0.1) is 23.7 Å². The highest BCUT2D eigenvalue weighted by Gasteiger charge is 2.18. The Balaban J connectivity index is 0.00000180. The summed E-state index contributed by atoms with van der Waals surface area (Å²) >= 11 is 7.42. The van der Waals surface area contributed by atoms with Gasteiger partial charge in [-0.3, -0.25) is 4.79 Å². The first-order valence-corrected chi connectivity index (χ1v) is 7.60. The highest BCUT2D eigenvalue weighted by molar-refractivity contribution is 7.16. The number of nitrogens with one attached hydrogen (secondary N) is 2. The van der Waals surface area contributed by atoms with E-state index in [9.17, 15) is 4.79 Å². The molecule has 0 aromatic carbocycles. The second kappa shape index (κ2) is 8.10. The van der Waals surface area contributed by atoms with Crippen LogP contribution in [-0.4, -0.2) is 19.0 Å². The summed E-state index contributed by atoms with van der Waals surface area (Å²) in [6, 6.07) is 3.90. The molecule has 1 fully saturated rings. The van der Waals surface area contributed by atoms with Crippen molar-refractivity contribution in [3.05, 3.63) is 21.3 Å². The van der Waals surface area contributed by atoms with E-state index < -0.39 is 0 Å². The number of halogens is 2. The van der Waals surface area contributed by atoms with E-state index in [2.05, 4.69) is 10.6 Å². The monoisotopic (exact) mass is 322 g/mol. The molecular weight excluding hydrogens is 303 g/mol. The fourth-order valence-electron chi connectivity index (χ4n) is 2.28. The summed E-state index contributed by atoms with van der Waals surface area (Å²) in [5, 5.41) is 6.36. The lowest BCUT2D eigenvalue weighted by molar-refractivity contribution is -0.122. The number of rotatable bonds is 4. The lowest BCUT2D eigenvalue weighted by Crippen LogP contribution is -2.33. The minimum absolute atomic E-state index is 0. The van der Waals surface area contributed by atoms with Crippen LogP contribution in [0, 0.1) is 5.92 Å². The maximum absolute atomic E-state index is 11.9. The SMILES string of the molecule is CC(NC(=O)CC1CCNCC1)c1ccc(Cl)s1.Cl. The fourth-order valence-corrected chi connectivity index (χ4v) is 3.34. The Kier molecular flexibility index (Phi) is 7.15. The Hall–Kier alpha value is -0.290. The molecule has 0 saturated carbocycles. The van der Waals surface area contributed by atoms with Crippen molar-refractivity contribution >= 4 is 41.3 Å². The summed E-state index contributed by atoms with van der Waals surface area (Å²) in [6.45, 7) is 4.07. The van der Waals surface area contributed by atoms with Gasteiger partial charge in [-0.1, -0.05) is 11.6 Å². The minimum Gasteiger partial charge on any atom is -0.349 e. The molecule has 108 valence electrons. The van der Waals surface area contributed by atoms with Crippen LogP contribution < -0.4 is 10.6 Å². The Morgan fingerprint density at radius 3 is 2.79 bits per heavy atom. The molecule has 1 saturated heterocycles. The van der Waals surface area contributed by atoms with Crippen LogP contribution in [0.5, 0.6) is 0 Å². The summed E-state index contributed by atoms with van der Waals surface area (Å²) in [6.07, 6.45) is 2.85. The molecule has 2 heterocycles. The standard InChI is InChI=1S/C13H19ClN2OS.ClH/c1-9(11-2-3-12(14)18-11)16-13(17)8-10-4-6-15-7-5-10;/h2-3,9-10,15H,4-8H2,1H3,(H,16,17);1H. The molecule has 2 rings (SSSR count). The van der Waals surface area contributed by atoms with Gasteiger partial charge in [0.15, 0.2) is 0 Å². The first-order valence-electron chi connectivity index (χ1n) is 6.40. The molecule has 1 amide bonds. The van der Waals surface area contributed by atoms with Crippen molar-refractivity contribution in [1.82, 2.24) is 10.6 Å². The van der Waals surface area contributed by atoms with Crippen molar-refractivity contribution in [2.24, 2.45) is 5.92 Å². The molecule has 0 spiro atoms. The van der Waals surface area contributed by atoms with Crippen LogP contribution in [-0.2, 0) is 4.79 Å². The van der Waals surface area contributed by atoms with Gasteiger partial charge in [0.25, 0.3) is 0 Å². The molecule has 0 aliphatic carbocycles. The van der Waals surface area contributed by atoms with Gasteiger partial charge in [0, 0.05) is 11.3 Å². The van der Waals surface area contributed by atoms with Crippen molar-refractivity contribution in [2.75, 3.05) is 13.1 Å². The molecule has 1 aromatic rings. The Morgan fingerprint density at radius 1 is 1.53 bits per heavy atom. The van der Waals surface area contributed by atoms with Gasteiger partial charge in [0.05, 0.1) is 10.4 Å². The van der Waals surface area contributed by atoms with Crippen LogP contribution in [0.2, 0.25) is 4.34 Å². The second-order valence-corrected chi connectivity index (χ2v) is 6.58. The maximum atomic E-state index is 11.9. The van der Waals surface area contributed by atoms with Crippen molar-refractivity contribution in [3.63, 3.8) is 0 Å². The summed E-state index contributed by atoms with van der Waals surface area (Å²) in [7, 11) is 0. The van der Waals surface area contributed by atoms with E-state index in [1.165, 1.54) is 11.3 Å². The van der Waals surface area contributed by atoms with Crippen molar-refractivity contribution in [2.45, 2.75) is 32.2 Å². The van der Waals surface area contributed by atoms with Crippen LogP contribution in [0.25, 0.3) is 0 Å². The lowest BCUT2D eigenvalue weighted by Gasteiger charge is -2.22. The van der Waals surface area contributed by atoms with Crippen molar-refractivity contribution in [1.29, 1.82) is 0 Å². The predicted molar refractivity (Wildman–Crippen MR) is 83.3 cm³/mol. The maximum Gasteiger partial charge on any atom is 0.220 e. The number of carbonyl (C=O) groups excluding carboxylic acids is 1. The van der Waals surface area contributed by atoms with Gasteiger partial charge in [0.2, 0.25) is 5.91 Å². The summed E-state index contributed by atoms with van der Waals surface area (Å²) in [4.78, 5) is 13.1. The van der Waals surface area contributed by atoms with E-state index in [0.717, 1.165) is 35.1 Å². The van der Waals surface area contributed by atoms with Gasteiger partial charge >= 0.3 is 0 Å². The molecule has 1 aromatic heterocycles. The average molecular weight is 323 g/mol. The van der Waals surface area contributed by atoms with Gasteiger partial charge in [-0.2, -0.15) is 0 Å². The van der Waals surface area contributed by atoms with Gasteiger partial charge < -0.3 is 10.6 Å². The average Bonchev–Trinajstić information content (AvgIpc) is 2.77. The summed E-state index contributed by atoms with van der Waals surface area (Å²) in [5.74, 6) is 0.685. The quantitative estimate of drug-likeness (QED) is 0.892. The van der Waals surface area contributed by atoms with E-state index >= 15 is 0 Å². The van der Waals surface area contributed by atoms with E-state index in [4.69, 9.17) is 11.6 Å². The van der Waals surface area contributed by atoms with Gasteiger partial charge in [-0.25, -0.2) is 0 Å². The molecule has 2 N–H and O–H groups in total. The third-order valence-corrected chi connectivity index (χ3v) is 4.74. The van der Waals surface area contributed by atoms with E-state index in [1.54, 1.807) is 0 Å². The molecular formula is C13H20Cl2N2OS. The Bertz CT molecular complexity index is 405. The zero-order chi connectivity index (χ0) is 13.0. The van der Waals surface area contributed by atoms with Crippen LogP contribution in [0.15, 0.2) is 12.1 Å². The molecule has 3 nitrogen and oxygen atoms in total. The zero-order valence-electron chi connectivity index (χ0n) is 10.9. The van der Waals surface area contributed by atoms with Gasteiger partial charge in [-0.05, 0) is 50.9 Å². The molecule has 1 aliphatic rings. The van der Waals surface area contributed by atoms with E-state index in [0.29, 0.717) is 12.3 Å². The number of thiophene rings is 1. The predicted octanol–water partition coefficient (Wildman–Crippen LogP) is 3.39. The zero-order valence-corrected chi connectivity index (χ0v) is 13.3.